The van der Waals surface area contributed by atoms with E-state index in [-0.39, 0.29) is 6.61 Å². The summed E-state index contributed by atoms with van der Waals surface area (Å²) in [5, 5.41) is 8.79. The maximum absolute atomic E-state index is 8.79. The van der Waals surface area contributed by atoms with Crippen LogP contribution in [0.1, 0.15) is 12.5 Å². The molecular weight excluding hydrogens is 186 g/mol. The van der Waals surface area contributed by atoms with Gasteiger partial charge in [-0.15, -0.1) is 0 Å². The summed E-state index contributed by atoms with van der Waals surface area (Å²) in [5.74, 6) is 6.20. The molecule has 0 saturated heterocycles. The van der Waals surface area contributed by atoms with Crippen LogP contribution in [-0.2, 0) is 0 Å². The molecule has 0 bridgehead atoms. The van der Waals surface area contributed by atoms with E-state index in [4.69, 9.17) is 5.11 Å². The molecule has 0 aliphatic rings. The van der Waals surface area contributed by atoms with Crippen LogP contribution in [0.4, 0.5) is 0 Å². The van der Waals surface area contributed by atoms with Crippen molar-refractivity contribution in [3.63, 3.8) is 0 Å². The van der Waals surface area contributed by atoms with Gasteiger partial charge in [0.25, 0.3) is 0 Å². The molecule has 0 amide bonds. The summed E-state index contributed by atoms with van der Waals surface area (Å²) in [7, 11) is 0. The lowest BCUT2D eigenvalue weighted by atomic mass is 10.2. The normalized spacial score (nSPS) is 9.80. The van der Waals surface area contributed by atoms with Crippen LogP contribution in [0.15, 0.2) is 30.3 Å². The van der Waals surface area contributed by atoms with Crippen molar-refractivity contribution in [2.75, 3.05) is 26.2 Å². The molecule has 2 heteroatoms. The number of hydrogen-bond acceptors (Lipinski definition) is 2. The molecule has 0 spiro atoms. The zero-order valence-corrected chi connectivity index (χ0v) is 9.11. The number of nitrogens with zero attached hydrogens (tertiary/aromatic N) is 1. The fraction of sp³-hybridized carbons (Fsp3) is 0.385. The summed E-state index contributed by atoms with van der Waals surface area (Å²) >= 11 is 0. The molecule has 0 aliphatic carbocycles. The molecule has 1 N–H and O–H groups in total. The van der Waals surface area contributed by atoms with E-state index in [0.29, 0.717) is 13.1 Å². The van der Waals surface area contributed by atoms with Crippen molar-refractivity contribution in [3.8, 4) is 11.8 Å². The van der Waals surface area contributed by atoms with Gasteiger partial charge in [0.1, 0.15) is 0 Å². The second-order valence-electron chi connectivity index (χ2n) is 3.26. The van der Waals surface area contributed by atoms with Crippen LogP contribution in [0.3, 0.4) is 0 Å². The molecule has 0 heterocycles. The van der Waals surface area contributed by atoms with Gasteiger partial charge in [-0.2, -0.15) is 0 Å². The average Bonchev–Trinajstić information content (AvgIpc) is 2.29. The summed E-state index contributed by atoms with van der Waals surface area (Å²) in [6, 6.07) is 9.94. The summed E-state index contributed by atoms with van der Waals surface area (Å²) < 4.78 is 0. The van der Waals surface area contributed by atoms with Crippen molar-refractivity contribution in [2.24, 2.45) is 0 Å². The van der Waals surface area contributed by atoms with Gasteiger partial charge in [0.05, 0.1) is 13.2 Å². The maximum Gasteiger partial charge on any atom is 0.0606 e. The lowest BCUT2D eigenvalue weighted by Gasteiger charge is -2.14. The number of aliphatic hydroxyl groups is 1. The Morgan fingerprint density at radius 3 is 2.60 bits per heavy atom. The number of aliphatic hydroxyl groups excluding tert-OH is 1. The van der Waals surface area contributed by atoms with Gasteiger partial charge in [-0.05, 0) is 18.7 Å². The van der Waals surface area contributed by atoms with Crippen LogP contribution in [0.2, 0.25) is 0 Å². The summed E-state index contributed by atoms with van der Waals surface area (Å²) in [6.07, 6.45) is 0. The minimum atomic E-state index is 0.195. The molecule has 0 radical (unpaired) electrons. The molecule has 0 aromatic heterocycles. The van der Waals surface area contributed by atoms with E-state index in [1.54, 1.807) is 0 Å². The minimum absolute atomic E-state index is 0.195. The Bertz CT molecular complexity index is 323. The lowest BCUT2D eigenvalue weighted by Crippen LogP contribution is -2.26. The van der Waals surface area contributed by atoms with E-state index in [0.717, 1.165) is 12.1 Å². The highest BCUT2D eigenvalue weighted by Crippen LogP contribution is 1.94. The van der Waals surface area contributed by atoms with E-state index < -0.39 is 0 Å². The molecule has 15 heavy (non-hydrogen) atoms. The Kier molecular flexibility index (Phi) is 5.54. The monoisotopic (exact) mass is 203 g/mol. The number of benzene rings is 1. The van der Waals surface area contributed by atoms with Gasteiger partial charge < -0.3 is 5.11 Å². The first-order valence-electron chi connectivity index (χ1n) is 5.24. The molecule has 0 unspecified atom stereocenters. The molecule has 0 fully saturated rings. The second kappa shape index (κ2) is 7.05. The fourth-order valence-corrected chi connectivity index (χ4v) is 1.27. The van der Waals surface area contributed by atoms with Gasteiger partial charge in [-0.1, -0.05) is 37.0 Å². The third kappa shape index (κ3) is 4.64. The average molecular weight is 203 g/mol. The van der Waals surface area contributed by atoms with Crippen molar-refractivity contribution in [2.45, 2.75) is 6.92 Å². The van der Waals surface area contributed by atoms with Gasteiger partial charge in [-0.3, -0.25) is 4.90 Å². The van der Waals surface area contributed by atoms with Gasteiger partial charge in [0.2, 0.25) is 0 Å². The quantitative estimate of drug-likeness (QED) is 0.747. The lowest BCUT2D eigenvalue weighted by molar-refractivity contribution is 0.216. The largest absolute Gasteiger partial charge is 0.395 e. The van der Waals surface area contributed by atoms with E-state index in [9.17, 15) is 0 Å². The Balaban J connectivity index is 2.45. The summed E-state index contributed by atoms with van der Waals surface area (Å²) in [4.78, 5) is 2.11. The Labute approximate surface area is 91.5 Å². The highest BCUT2D eigenvalue weighted by molar-refractivity contribution is 5.33. The molecule has 1 aromatic rings. The zero-order valence-electron chi connectivity index (χ0n) is 9.11. The van der Waals surface area contributed by atoms with Crippen LogP contribution < -0.4 is 0 Å². The molecule has 1 aromatic carbocycles. The van der Waals surface area contributed by atoms with E-state index in [1.807, 2.05) is 30.3 Å². The van der Waals surface area contributed by atoms with Gasteiger partial charge in [0, 0.05) is 12.1 Å². The Hall–Kier alpha value is -1.30. The SMILES string of the molecule is CCN(CC#Cc1ccccc1)CCO. The second-order valence-corrected chi connectivity index (χ2v) is 3.26. The molecular formula is C13H17NO. The third-order valence-electron chi connectivity index (χ3n) is 2.17. The topological polar surface area (TPSA) is 23.5 Å². The van der Waals surface area contributed by atoms with Crippen molar-refractivity contribution in [1.82, 2.24) is 4.90 Å². The molecule has 0 atom stereocenters. The van der Waals surface area contributed by atoms with Crippen LogP contribution in [0.25, 0.3) is 0 Å². The Morgan fingerprint density at radius 2 is 2.00 bits per heavy atom. The summed E-state index contributed by atoms with van der Waals surface area (Å²) in [5.41, 5.74) is 1.04. The highest BCUT2D eigenvalue weighted by atomic mass is 16.3. The van der Waals surface area contributed by atoms with Crippen LogP contribution in [-0.4, -0.2) is 36.2 Å². The van der Waals surface area contributed by atoms with Crippen molar-refractivity contribution in [3.05, 3.63) is 35.9 Å². The highest BCUT2D eigenvalue weighted by Gasteiger charge is 1.96. The van der Waals surface area contributed by atoms with Crippen molar-refractivity contribution < 1.29 is 5.11 Å². The zero-order chi connectivity index (χ0) is 10.9. The molecule has 80 valence electrons. The van der Waals surface area contributed by atoms with Crippen LogP contribution in [0.5, 0.6) is 0 Å². The third-order valence-corrected chi connectivity index (χ3v) is 2.17. The maximum atomic E-state index is 8.79. The van der Waals surface area contributed by atoms with Crippen LogP contribution >= 0.6 is 0 Å². The predicted octanol–water partition coefficient (Wildman–Crippen LogP) is 1.35. The van der Waals surface area contributed by atoms with Crippen LogP contribution in [0, 0.1) is 11.8 Å². The van der Waals surface area contributed by atoms with Gasteiger partial charge >= 0.3 is 0 Å². The van der Waals surface area contributed by atoms with Gasteiger partial charge in [-0.25, -0.2) is 0 Å². The molecule has 0 saturated carbocycles. The van der Waals surface area contributed by atoms with Gasteiger partial charge in [0.15, 0.2) is 0 Å². The fourth-order valence-electron chi connectivity index (χ4n) is 1.27. The van der Waals surface area contributed by atoms with Crippen molar-refractivity contribution >= 4 is 0 Å². The first-order chi connectivity index (χ1) is 7.36. The number of likely N-dealkylation sites (N-methyl/N-ethyl adjacent to an activating group) is 1. The molecule has 2 nitrogen and oxygen atoms in total. The molecule has 0 aliphatic heterocycles. The number of hydrogen-bond donors (Lipinski definition) is 1. The molecule has 1 rings (SSSR count). The predicted molar refractivity (Wildman–Crippen MR) is 62.5 cm³/mol. The summed E-state index contributed by atoms with van der Waals surface area (Å²) in [6.45, 7) is 4.59. The number of rotatable bonds is 4. The van der Waals surface area contributed by atoms with E-state index >= 15 is 0 Å². The Morgan fingerprint density at radius 1 is 1.27 bits per heavy atom. The van der Waals surface area contributed by atoms with E-state index in [2.05, 4.69) is 23.7 Å². The van der Waals surface area contributed by atoms with E-state index in [1.165, 1.54) is 0 Å². The standard InChI is InChI=1S/C13H17NO/c1-2-14(11-12-15)10-6-9-13-7-4-3-5-8-13/h3-5,7-8,15H,2,10-12H2,1H3. The first-order valence-corrected chi connectivity index (χ1v) is 5.24. The minimum Gasteiger partial charge on any atom is -0.395 e. The van der Waals surface area contributed by atoms with Crippen molar-refractivity contribution in [1.29, 1.82) is 0 Å². The first kappa shape index (κ1) is 11.8. The smallest absolute Gasteiger partial charge is 0.0606 e.